The van der Waals surface area contributed by atoms with Gasteiger partial charge in [-0.3, -0.25) is 0 Å². The van der Waals surface area contributed by atoms with Crippen LogP contribution in [0.25, 0.3) is 0 Å². The number of nitrogens with two attached hydrogens (primary N) is 2. The average Bonchev–Trinajstić information content (AvgIpc) is 2.86. The number of hydrogen-bond acceptors (Lipinski definition) is 6. The molecule has 0 unspecified atom stereocenters. The number of benzene rings is 1. The highest BCUT2D eigenvalue weighted by Crippen LogP contribution is 2.04. The molecule has 0 spiro atoms. The summed E-state index contributed by atoms with van der Waals surface area (Å²) in [4.78, 5) is 0. The summed E-state index contributed by atoms with van der Waals surface area (Å²) in [6, 6.07) is 7.99. The molecule has 0 aliphatic rings. The van der Waals surface area contributed by atoms with Gasteiger partial charge in [0.15, 0.2) is 17.3 Å². The summed E-state index contributed by atoms with van der Waals surface area (Å²) >= 11 is 0. The lowest BCUT2D eigenvalue weighted by atomic mass is 10.1. The second kappa shape index (κ2) is 5.76. The highest BCUT2D eigenvalue weighted by atomic mass is 16.6. The Labute approximate surface area is 110 Å². The molecule has 98 valence electrons. The Hall–Kier alpha value is -2.70. The lowest BCUT2D eigenvalue weighted by molar-refractivity contribution is 0.308. The van der Waals surface area contributed by atoms with E-state index in [4.69, 9.17) is 11.5 Å². The van der Waals surface area contributed by atoms with Gasteiger partial charge in [0.25, 0.3) is 0 Å². The zero-order chi connectivity index (χ0) is 13.7. The molecular weight excluding hydrogens is 244 g/mol. The third-order valence-electron chi connectivity index (χ3n) is 2.52. The van der Waals surface area contributed by atoms with Crippen molar-refractivity contribution in [2.24, 2.45) is 15.9 Å². The maximum absolute atomic E-state index is 5.64. The second-order valence-corrected chi connectivity index (χ2v) is 3.82. The molecule has 0 saturated heterocycles. The molecular formula is C12H14N6O. The fraction of sp³-hybridized carbons (Fsp3) is 0.167. The van der Waals surface area contributed by atoms with E-state index in [2.05, 4.69) is 32.1 Å². The van der Waals surface area contributed by atoms with Crippen LogP contribution in [0.2, 0.25) is 0 Å². The molecule has 0 radical (unpaired) electrons. The first-order chi connectivity index (χ1) is 9.20. The first kappa shape index (κ1) is 12.7. The smallest absolute Gasteiger partial charge is 0.199 e. The van der Waals surface area contributed by atoms with E-state index in [0.29, 0.717) is 0 Å². The van der Waals surface area contributed by atoms with Crippen molar-refractivity contribution in [2.75, 3.05) is 5.73 Å². The van der Waals surface area contributed by atoms with Gasteiger partial charge in [-0.2, -0.15) is 5.10 Å². The van der Waals surface area contributed by atoms with Gasteiger partial charge in [-0.05, 0) is 27.9 Å². The average molecular weight is 258 g/mol. The lowest BCUT2D eigenvalue weighted by Crippen LogP contribution is -2.15. The summed E-state index contributed by atoms with van der Waals surface area (Å²) in [6.07, 6.45) is 2.59. The Bertz CT molecular complexity index is 599. The van der Waals surface area contributed by atoms with Crippen LogP contribution in [0.3, 0.4) is 0 Å². The Morgan fingerprint density at radius 3 is 2.63 bits per heavy atom. The first-order valence-electron chi connectivity index (χ1n) is 5.74. The highest BCUT2D eigenvalue weighted by molar-refractivity contribution is 5.99. The fourth-order valence-electron chi connectivity index (χ4n) is 1.42. The molecule has 19 heavy (non-hydrogen) atoms. The van der Waals surface area contributed by atoms with Crippen molar-refractivity contribution >= 4 is 17.9 Å². The number of aryl methyl sites for hydroxylation is 1. The molecule has 0 aliphatic heterocycles. The Kier molecular flexibility index (Phi) is 3.87. The standard InChI is InChI=1S/C12H14N6O/c1-2-8-3-5-9(6-4-8)7-15-16-11(13)10-12(14)18-19-17-10/h3-7H,2H2,1H3,(H2,13,16)(H2,14,18)/b15-7+. The van der Waals surface area contributed by atoms with Gasteiger partial charge in [0.2, 0.25) is 0 Å². The minimum Gasteiger partial charge on any atom is -0.380 e. The molecule has 1 aromatic heterocycles. The number of hydrogen-bond donors (Lipinski definition) is 2. The molecule has 0 atom stereocenters. The molecule has 0 fully saturated rings. The Balaban J connectivity index is 2.08. The van der Waals surface area contributed by atoms with Crippen LogP contribution in [0.4, 0.5) is 5.82 Å². The summed E-state index contributed by atoms with van der Waals surface area (Å²) in [5.41, 5.74) is 13.5. The van der Waals surface area contributed by atoms with Crippen molar-refractivity contribution in [1.29, 1.82) is 0 Å². The monoisotopic (exact) mass is 258 g/mol. The van der Waals surface area contributed by atoms with Crippen LogP contribution in [0.5, 0.6) is 0 Å². The van der Waals surface area contributed by atoms with E-state index in [1.165, 1.54) is 5.56 Å². The molecule has 0 saturated carbocycles. The van der Waals surface area contributed by atoms with Gasteiger partial charge < -0.3 is 11.5 Å². The van der Waals surface area contributed by atoms with E-state index in [1.54, 1.807) is 6.21 Å². The van der Waals surface area contributed by atoms with Crippen molar-refractivity contribution in [3.63, 3.8) is 0 Å². The molecule has 0 amide bonds. The second-order valence-electron chi connectivity index (χ2n) is 3.82. The summed E-state index contributed by atoms with van der Waals surface area (Å²) in [5.74, 6) is 0.143. The minimum atomic E-state index is 0.0557. The van der Waals surface area contributed by atoms with E-state index in [9.17, 15) is 0 Å². The van der Waals surface area contributed by atoms with Crippen LogP contribution in [0.15, 0.2) is 39.1 Å². The molecule has 1 aromatic carbocycles. The van der Waals surface area contributed by atoms with Gasteiger partial charge in [-0.25, -0.2) is 4.63 Å². The van der Waals surface area contributed by atoms with Gasteiger partial charge >= 0.3 is 0 Å². The molecule has 1 heterocycles. The molecule has 0 bridgehead atoms. The third kappa shape index (κ3) is 3.15. The molecule has 0 aliphatic carbocycles. The minimum absolute atomic E-state index is 0.0557. The van der Waals surface area contributed by atoms with Crippen LogP contribution in [0, 0.1) is 0 Å². The largest absolute Gasteiger partial charge is 0.380 e. The van der Waals surface area contributed by atoms with Crippen molar-refractivity contribution in [2.45, 2.75) is 13.3 Å². The first-order valence-corrected chi connectivity index (χ1v) is 5.74. The maximum atomic E-state index is 5.64. The Morgan fingerprint density at radius 1 is 1.32 bits per heavy atom. The van der Waals surface area contributed by atoms with Gasteiger partial charge in [0.05, 0.1) is 6.21 Å². The molecule has 7 heteroatoms. The predicted octanol–water partition coefficient (Wildman–Crippen LogP) is 0.954. The van der Waals surface area contributed by atoms with E-state index in [0.717, 1.165) is 12.0 Å². The van der Waals surface area contributed by atoms with Crippen LogP contribution in [-0.4, -0.2) is 22.4 Å². The zero-order valence-electron chi connectivity index (χ0n) is 10.4. The van der Waals surface area contributed by atoms with Crippen LogP contribution < -0.4 is 11.5 Å². The quantitative estimate of drug-likeness (QED) is 0.481. The molecule has 2 rings (SSSR count). The molecule has 4 N–H and O–H groups in total. The SMILES string of the molecule is CCc1ccc(/C=N/N=C(\N)c2nonc2N)cc1. The lowest BCUT2D eigenvalue weighted by Gasteiger charge is -1.96. The Morgan fingerprint density at radius 2 is 2.05 bits per heavy atom. The van der Waals surface area contributed by atoms with E-state index < -0.39 is 0 Å². The summed E-state index contributed by atoms with van der Waals surface area (Å²) in [5, 5.41) is 14.6. The number of nitrogens with zero attached hydrogens (tertiary/aromatic N) is 4. The fourth-order valence-corrected chi connectivity index (χ4v) is 1.42. The normalized spacial score (nSPS) is 12.2. The molecule has 7 nitrogen and oxygen atoms in total. The number of rotatable bonds is 4. The van der Waals surface area contributed by atoms with Gasteiger partial charge in [0, 0.05) is 0 Å². The van der Waals surface area contributed by atoms with Gasteiger partial charge in [-0.1, -0.05) is 31.2 Å². The van der Waals surface area contributed by atoms with Crippen LogP contribution in [0.1, 0.15) is 23.7 Å². The highest BCUT2D eigenvalue weighted by Gasteiger charge is 2.09. The number of amidine groups is 1. The van der Waals surface area contributed by atoms with Crippen LogP contribution in [-0.2, 0) is 6.42 Å². The zero-order valence-corrected chi connectivity index (χ0v) is 10.4. The van der Waals surface area contributed by atoms with Gasteiger partial charge in [-0.15, -0.1) is 5.10 Å². The van der Waals surface area contributed by atoms with Crippen molar-refractivity contribution in [3.05, 3.63) is 41.1 Å². The summed E-state index contributed by atoms with van der Waals surface area (Å²) < 4.78 is 4.42. The number of nitrogen functional groups attached to an aromatic ring is 1. The number of aromatic nitrogens is 2. The van der Waals surface area contributed by atoms with E-state index in [1.807, 2.05) is 24.3 Å². The molecule has 2 aromatic rings. The van der Waals surface area contributed by atoms with Crippen molar-refractivity contribution < 1.29 is 4.63 Å². The van der Waals surface area contributed by atoms with E-state index in [-0.39, 0.29) is 17.3 Å². The third-order valence-corrected chi connectivity index (χ3v) is 2.52. The number of anilines is 1. The van der Waals surface area contributed by atoms with Crippen molar-refractivity contribution in [3.8, 4) is 0 Å². The summed E-state index contributed by atoms with van der Waals surface area (Å²) in [6.45, 7) is 2.10. The van der Waals surface area contributed by atoms with Gasteiger partial charge in [0.1, 0.15) is 0 Å². The summed E-state index contributed by atoms with van der Waals surface area (Å²) in [7, 11) is 0. The van der Waals surface area contributed by atoms with Crippen molar-refractivity contribution in [1.82, 2.24) is 10.3 Å². The predicted molar refractivity (Wildman–Crippen MR) is 72.8 cm³/mol. The van der Waals surface area contributed by atoms with E-state index >= 15 is 0 Å². The maximum Gasteiger partial charge on any atom is 0.199 e. The topological polar surface area (TPSA) is 116 Å². The van der Waals surface area contributed by atoms with Crippen LogP contribution >= 0.6 is 0 Å².